The largest absolute Gasteiger partial charge is 0.383 e. The molecule has 120 valence electrons. The van der Waals surface area contributed by atoms with E-state index >= 15 is 0 Å². The minimum absolute atomic E-state index is 0.138. The lowest BCUT2D eigenvalue weighted by Crippen LogP contribution is -2.40. The zero-order valence-corrected chi connectivity index (χ0v) is 13.9. The number of rotatable bonds is 6. The average molecular weight is 322 g/mol. The number of urea groups is 1. The molecule has 7 heteroatoms. The van der Waals surface area contributed by atoms with Crippen LogP contribution in [0.5, 0.6) is 0 Å². The van der Waals surface area contributed by atoms with E-state index in [1.165, 1.54) is 11.3 Å². The van der Waals surface area contributed by atoms with Crippen LogP contribution in [0.15, 0.2) is 23.6 Å². The SMILES string of the molecule is CCCc1cc(NC(=O)NCC(C)(O)c2cccs2)n(C)n1. The van der Waals surface area contributed by atoms with Crippen LogP contribution in [0.2, 0.25) is 0 Å². The number of anilines is 1. The van der Waals surface area contributed by atoms with Crippen molar-refractivity contribution in [2.24, 2.45) is 7.05 Å². The first-order valence-electron chi connectivity index (χ1n) is 7.26. The number of amides is 2. The molecule has 6 nitrogen and oxygen atoms in total. The summed E-state index contributed by atoms with van der Waals surface area (Å²) < 4.78 is 1.64. The third-order valence-corrected chi connectivity index (χ3v) is 4.45. The summed E-state index contributed by atoms with van der Waals surface area (Å²) in [4.78, 5) is 12.8. The van der Waals surface area contributed by atoms with Crippen LogP contribution in [0.25, 0.3) is 0 Å². The third-order valence-electron chi connectivity index (χ3n) is 3.32. The average Bonchev–Trinajstić information content (AvgIpc) is 3.09. The van der Waals surface area contributed by atoms with E-state index in [0.29, 0.717) is 5.82 Å². The topological polar surface area (TPSA) is 79.2 Å². The number of nitrogens with one attached hydrogen (secondary N) is 2. The molecule has 0 bridgehead atoms. The lowest BCUT2D eigenvalue weighted by atomic mass is 10.1. The minimum atomic E-state index is -1.08. The Kier molecular flexibility index (Phi) is 5.20. The summed E-state index contributed by atoms with van der Waals surface area (Å²) in [6.45, 7) is 3.91. The Morgan fingerprint density at radius 1 is 1.55 bits per heavy atom. The summed E-state index contributed by atoms with van der Waals surface area (Å²) >= 11 is 1.46. The van der Waals surface area contributed by atoms with Crippen molar-refractivity contribution in [2.75, 3.05) is 11.9 Å². The molecule has 2 aromatic heterocycles. The van der Waals surface area contributed by atoms with Gasteiger partial charge in [-0.05, 0) is 24.8 Å². The summed E-state index contributed by atoms with van der Waals surface area (Å²) in [6, 6.07) is 5.23. The maximum absolute atomic E-state index is 12.0. The maximum Gasteiger partial charge on any atom is 0.320 e. The zero-order valence-electron chi connectivity index (χ0n) is 13.1. The Balaban J connectivity index is 1.90. The van der Waals surface area contributed by atoms with E-state index in [-0.39, 0.29) is 12.6 Å². The summed E-state index contributed by atoms with van der Waals surface area (Å²) in [5, 5.41) is 22.0. The van der Waals surface area contributed by atoms with Gasteiger partial charge in [0.15, 0.2) is 0 Å². The number of hydrogen-bond acceptors (Lipinski definition) is 4. The Hall–Kier alpha value is -1.86. The van der Waals surface area contributed by atoms with Crippen LogP contribution in [0, 0.1) is 0 Å². The van der Waals surface area contributed by atoms with Gasteiger partial charge in [-0.1, -0.05) is 19.4 Å². The Labute approximate surface area is 134 Å². The number of aliphatic hydroxyl groups is 1. The van der Waals surface area contributed by atoms with E-state index in [0.717, 1.165) is 23.4 Å². The number of nitrogens with zero attached hydrogens (tertiary/aromatic N) is 2. The molecule has 0 radical (unpaired) electrons. The van der Waals surface area contributed by atoms with E-state index in [2.05, 4.69) is 22.7 Å². The van der Waals surface area contributed by atoms with E-state index in [1.54, 1.807) is 18.7 Å². The van der Waals surface area contributed by atoms with Crippen LogP contribution in [0.1, 0.15) is 30.8 Å². The van der Waals surface area contributed by atoms with E-state index in [4.69, 9.17) is 0 Å². The number of aryl methyl sites for hydroxylation is 2. The first kappa shape index (κ1) is 16.5. The van der Waals surface area contributed by atoms with Crippen molar-refractivity contribution < 1.29 is 9.90 Å². The molecule has 3 N–H and O–H groups in total. The van der Waals surface area contributed by atoms with Crippen molar-refractivity contribution in [3.63, 3.8) is 0 Å². The van der Waals surface area contributed by atoms with Crippen LogP contribution >= 0.6 is 11.3 Å². The maximum atomic E-state index is 12.0. The molecule has 2 amide bonds. The number of carbonyl (C=O) groups excluding carboxylic acids is 1. The standard InChI is InChI=1S/C15H22N4O2S/c1-4-6-11-9-13(19(3)18-11)17-14(20)16-10-15(2,21)12-7-5-8-22-12/h5,7-9,21H,4,6,10H2,1-3H3,(H2,16,17,20). The molecule has 2 heterocycles. The highest BCUT2D eigenvalue weighted by Crippen LogP contribution is 2.24. The van der Waals surface area contributed by atoms with E-state index in [9.17, 15) is 9.90 Å². The molecule has 0 aliphatic rings. The van der Waals surface area contributed by atoms with Crippen LogP contribution in [0.4, 0.5) is 10.6 Å². The van der Waals surface area contributed by atoms with Crippen molar-refractivity contribution in [3.05, 3.63) is 34.2 Å². The highest BCUT2D eigenvalue weighted by Gasteiger charge is 2.25. The van der Waals surface area contributed by atoms with Crippen molar-refractivity contribution in [3.8, 4) is 0 Å². The monoisotopic (exact) mass is 322 g/mol. The highest BCUT2D eigenvalue weighted by molar-refractivity contribution is 7.10. The fourth-order valence-electron chi connectivity index (χ4n) is 2.11. The highest BCUT2D eigenvalue weighted by atomic mass is 32.1. The van der Waals surface area contributed by atoms with Crippen molar-refractivity contribution in [2.45, 2.75) is 32.3 Å². The van der Waals surface area contributed by atoms with Crippen LogP contribution in [-0.4, -0.2) is 27.5 Å². The minimum Gasteiger partial charge on any atom is -0.383 e. The van der Waals surface area contributed by atoms with Gasteiger partial charge in [-0.2, -0.15) is 5.10 Å². The zero-order chi connectivity index (χ0) is 16.2. The van der Waals surface area contributed by atoms with Gasteiger partial charge in [-0.3, -0.25) is 10.00 Å². The predicted octanol–water partition coefficient (Wildman–Crippen LogP) is 2.46. The Bertz CT molecular complexity index is 620. The fraction of sp³-hybridized carbons (Fsp3) is 0.467. The molecule has 0 aliphatic carbocycles. The number of aromatic nitrogens is 2. The molecule has 0 saturated heterocycles. The molecule has 0 aliphatic heterocycles. The lowest BCUT2D eigenvalue weighted by molar-refractivity contribution is 0.0637. The van der Waals surface area contributed by atoms with Crippen LogP contribution in [0.3, 0.4) is 0 Å². The second-order valence-corrected chi connectivity index (χ2v) is 6.40. The van der Waals surface area contributed by atoms with Gasteiger partial charge < -0.3 is 10.4 Å². The van der Waals surface area contributed by atoms with Crippen molar-refractivity contribution >= 4 is 23.2 Å². The summed E-state index contributed by atoms with van der Waals surface area (Å²) in [6.07, 6.45) is 1.89. The van der Waals surface area contributed by atoms with Crippen molar-refractivity contribution in [1.29, 1.82) is 0 Å². The number of carbonyl (C=O) groups is 1. The normalized spacial score (nSPS) is 13.6. The quantitative estimate of drug-likeness (QED) is 0.764. The Morgan fingerprint density at radius 3 is 2.95 bits per heavy atom. The third kappa shape index (κ3) is 4.08. The number of thiophene rings is 1. The molecule has 0 aromatic carbocycles. The van der Waals surface area contributed by atoms with Gasteiger partial charge in [-0.15, -0.1) is 11.3 Å². The van der Waals surface area contributed by atoms with Gasteiger partial charge in [0, 0.05) is 18.0 Å². The molecule has 0 saturated carbocycles. The second-order valence-electron chi connectivity index (χ2n) is 5.45. The van der Waals surface area contributed by atoms with E-state index < -0.39 is 5.60 Å². The molecule has 22 heavy (non-hydrogen) atoms. The van der Waals surface area contributed by atoms with Gasteiger partial charge >= 0.3 is 6.03 Å². The van der Waals surface area contributed by atoms with E-state index in [1.807, 2.05) is 23.6 Å². The lowest BCUT2D eigenvalue weighted by Gasteiger charge is -2.22. The number of hydrogen-bond donors (Lipinski definition) is 3. The van der Waals surface area contributed by atoms with Crippen LogP contribution < -0.4 is 10.6 Å². The molecular formula is C15H22N4O2S. The second kappa shape index (κ2) is 6.93. The fourth-order valence-corrected chi connectivity index (χ4v) is 2.89. The smallest absolute Gasteiger partial charge is 0.320 e. The van der Waals surface area contributed by atoms with Gasteiger partial charge in [0.25, 0.3) is 0 Å². The first-order valence-corrected chi connectivity index (χ1v) is 8.14. The molecular weight excluding hydrogens is 300 g/mol. The predicted molar refractivity (Wildman–Crippen MR) is 88.1 cm³/mol. The van der Waals surface area contributed by atoms with Crippen LogP contribution in [-0.2, 0) is 19.1 Å². The molecule has 1 atom stereocenters. The summed E-state index contributed by atoms with van der Waals surface area (Å²) in [5.74, 6) is 0.636. The van der Waals surface area contributed by atoms with Crippen molar-refractivity contribution in [1.82, 2.24) is 15.1 Å². The van der Waals surface area contributed by atoms with Gasteiger partial charge in [0.05, 0.1) is 12.2 Å². The Morgan fingerprint density at radius 2 is 2.32 bits per heavy atom. The van der Waals surface area contributed by atoms with Gasteiger partial charge in [0.1, 0.15) is 11.4 Å². The molecule has 2 aromatic rings. The van der Waals surface area contributed by atoms with Gasteiger partial charge in [0.2, 0.25) is 0 Å². The molecule has 2 rings (SSSR count). The first-order chi connectivity index (χ1) is 10.4. The molecule has 0 spiro atoms. The molecule has 1 unspecified atom stereocenters. The summed E-state index contributed by atoms with van der Waals surface area (Å²) in [5.41, 5.74) is -0.128. The van der Waals surface area contributed by atoms with Gasteiger partial charge in [-0.25, -0.2) is 4.79 Å². The summed E-state index contributed by atoms with van der Waals surface area (Å²) in [7, 11) is 1.79. The molecule has 0 fully saturated rings.